The van der Waals surface area contributed by atoms with Gasteiger partial charge in [-0.3, -0.25) is 4.79 Å². The lowest BCUT2D eigenvalue weighted by Crippen LogP contribution is -2.26. The molecule has 28 heavy (non-hydrogen) atoms. The first kappa shape index (κ1) is 19.8. The first-order valence-electron chi connectivity index (χ1n) is 8.82. The van der Waals surface area contributed by atoms with Crippen molar-refractivity contribution in [3.05, 3.63) is 72.1 Å². The van der Waals surface area contributed by atoms with Crippen LogP contribution in [0.5, 0.6) is 0 Å². The predicted octanol–water partition coefficient (Wildman–Crippen LogP) is 2.66. The van der Waals surface area contributed by atoms with E-state index < -0.39 is 10.0 Å². The number of nitrogens with one attached hydrogen (secondary N) is 2. The number of amides is 1. The highest BCUT2D eigenvalue weighted by Crippen LogP contribution is 2.20. The van der Waals surface area contributed by atoms with E-state index in [4.69, 9.17) is 0 Å². The number of nitrogens with zero attached hydrogens (tertiary/aromatic N) is 2. The normalized spacial score (nSPS) is 11.4. The fourth-order valence-corrected chi connectivity index (χ4v) is 4.12. The van der Waals surface area contributed by atoms with Crippen LogP contribution in [-0.2, 0) is 21.2 Å². The van der Waals surface area contributed by atoms with E-state index in [1.165, 1.54) is 13.0 Å². The molecule has 2 N–H and O–H groups in total. The van der Waals surface area contributed by atoms with Crippen LogP contribution in [0.2, 0.25) is 0 Å². The Morgan fingerprint density at radius 1 is 1.14 bits per heavy atom. The van der Waals surface area contributed by atoms with Crippen molar-refractivity contribution in [2.45, 2.75) is 25.2 Å². The fourth-order valence-electron chi connectivity index (χ4n) is 2.82. The van der Waals surface area contributed by atoms with Gasteiger partial charge in [-0.25, -0.2) is 17.8 Å². The molecule has 0 bridgehead atoms. The number of benzene rings is 2. The van der Waals surface area contributed by atoms with Gasteiger partial charge in [0.2, 0.25) is 15.9 Å². The Labute approximate surface area is 164 Å². The smallest absolute Gasteiger partial charge is 0.240 e. The number of carbonyl (C=O) groups excluding carboxylic acids is 1. The van der Waals surface area contributed by atoms with Crippen LogP contribution >= 0.6 is 0 Å². The Hall–Kier alpha value is -2.97. The Morgan fingerprint density at radius 3 is 2.54 bits per heavy atom. The van der Waals surface area contributed by atoms with E-state index in [0.29, 0.717) is 17.7 Å². The fraction of sp³-hybridized carbons (Fsp3) is 0.200. The number of rotatable bonds is 7. The highest BCUT2D eigenvalue weighted by molar-refractivity contribution is 7.89. The SMILES string of the molecule is CC(=O)Nc1ccc(C)c(S(=O)(=O)NCCc2ccc(-n3cccn3)cc2)c1. The van der Waals surface area contributed by atoms with Crippen LogP contribution in [0.25, 0.3) is 5.69 Å². The average molecular weight is 398 g/mol. The van der Waals surface area contributed by atoms with E-state index in [9.17, 15) is 13.2 Å². The molecule has 0 aliphatic heterocycles. The summed E-state index contributed by atoms with van der Waals surface area (Å²) in [4.78, 5) is 11.4. The minimum absolute atomic E-state index is 0.160. The number of aromatic nitrogens is 2. The average Bonchev–Trinajstić information content (AvgIpc) is 3.18. The first-order chi connectivity index (χ1) is 13.3. The number of carbonyl (C=O) groups is 1. The quantitative estimate of drug-likeness (QED) is 0.640. The van der Waals surface area contributed by atoms with Gasteiger partial charge < -0.3 is 5.32 Å². The molecule has 0 atom stereocenters. The van der Waals surface area contributed by atoms with Crippen molar-refractivity contribution in [2.24, 2.45) is 0 Å². The molecule has 146 valence electrons. The van der Waals surface area contributed by atoms with Crippen molar-refractivity contribution >= 4 is 21.6 Å². The molecule has 1 amide bonds. The second-order valence-electron chi connectivity index (χ2n) is 6.43. The molecule has 2 aromatic carbocycles. The molecule has 8 heteroatoms. The molecule has 0 spiro atoms. The zero-order valence-electron chi connectivity index (χ0n) is 15.7. The second-order valence-corrected chi connectivity index (χ2v) is 8.16. The van der Waals surface area contributed by atoms with Crippen LogP contribution in [0, 0.1) is 6.92 Å². The van der Waals surface area contributed by atoms with Gasteiger partial charge in [-0.05, 0) is 54.8 Å². The summed E-state index contributed by atoms with van der Waals surface area (Å²) >= 11 is 0. The summed E-state index contributed by atoms with van der Waals surface area (Å²) in [6, 6.07) is 14.5. The molecule has 0 radical (unpaired) electrons. The Kier molecular flexibility index (Phi) is 5.91. The lowest BCUT2D eigenvalue weighted by Gasteiger charge is -2.12. The van der Waals surface area contributed by atoms with Gasteiger partial charge in [-0.1, -0.05) is 18.2 Å². The van der Waals surface area contributed by atoms with Gasteiger partial charge in [0.25, 0.3) is 0 Å². The van der Waals surface area contributed by atoms with Gasteiger partial charge in [0.1, 0.15) is 0 Å². The maximum absolute atomic E-state index is 12.7. The lowest BCUT2D eigenvalue weighted by molar-refractivity contribution is -0.114. The number of anilines is 1. The standard InChI is InChI=1S/C20H22N4O3S/c1-15-4-7-18(23-16(2)25)14-20(15)28(26,27)22-12-10-17-5-8-19(9-6-17)24-13-3-11-21-24/h3-9,11,13-14,22H,10,12H2,1-2H3,(H,23,25). The topological polar surface area (TPSA) is 93.1 Å². The zero-order chi connectivity index (χ0) is 20.1. The van der Waals surface area contributed by atoms with Crippen LogP contribution in [0.4, 0.5) is 5.69 Å². The molecule has 0 aliphatic carbocycles. The van der Waals surface area contributed by atoms with Gasteiger partial charge in [-0.15, -0.1) is 0 Å². The molecule has 1 aromatic heterocycles. The molecule has 0 aliphatic rings. The van der Waals surface area contributed by atoms with Crippen molar-refractivity contribution in [2.75, 3.05) is 11.9 Å². The minimum Gasteiger partial charge on any atom is -0.326 e. The summed E-state index contributed by atoms with van der Waals surface area (Å²) in [5, 5.41) is 6.78. The lowest BCUT2D eigenvalue weighted by atomic mass is 10.1. The van der Waals surface area contributed by atoms with Gasteiger partial charge >= 0.3 is 0 Å². The third-order valence-corrected chi connectivity index (χ3v) is 5.81. The van der Waals surface area contributed by atoms with Crippen LogP contribution in [0.15, 0.2) is 65.8 Å². The maximum Gasteiger partial charge on any atom is 0.240 e. The predicted molar refractivity (Wildman–Crippen MR) is 108 cm³/mol. The summed E-state index contributed by atoms with van der Waals surface area (Å²) in [7, 11) is -3.68. The molecule has 0 fully saturated rings. The summed E-state index contributed by atoms with van der Waals surface area (Å²) < 4.78 is 29.7. The van der Waals surface area contributed by atoms with Crippen LogP contribution in [-0.4, -0.2) is 30.7 Å². The summed E-state index contributed by atoms with van der Waals surface area (Å²) in [5.74, 6) is -0.251. The summed E-state index contributed by atoms with van der Waals surface area (Å²) in [6.07, 6.45) is 4.13. The monoisotopic (exact) mass is 398 g/mol. The van der Waals surface area contributed by atoms with Crippen molar-refractivity contribution in [1.29, 1.82) is 0 Å². The van der Waals surface area contributed by atoms with Crippen LogP contribution < -0.4 is 10.0 Å². The van der Waals surface area contributed by atoms with Crippen molar-refractivity contribution in [1.82, 2.24) is 14.5 Å². The largest absolute Gasteiger partial charge is 0.326 e. The van der Waals surface area contributed by atoms with Gasteiger partial charge in [-0.2, -0.15) is 5.10 Å². The Bertz CT molecular complexity index is 1060. The highest BCUT2D eigenvalue weighted by atomic mass is 32.2. The number of hydrogen-bond acceptors (Lipinski definition) is 4. The molecular formula is C20H22N4O3S. The third-order valence-electron chi connectivity index (χ3n) is 4.21. The summed E-state index contributed by atoms with van der Waals surface area (Å²) in [6.45, 7) is 3.37. The molecular weight excluding hydrogens is 376 g/mol. The number of sulfonamides is 1. The van der Waals surface area contributed by atoms with Crippen molar-refractivity contribution in [3.63, 3.8) is 0 Å². The molecule has 1 heterocycles. The van der Waals surface area contributed by atoms with Gasteiger partial charge in [0.15, 0.2) is 0 Å². The van der Waals surface area contributed by atoms with Crippen LogP contribution in [0.3, 0.4) is 0 Å². The molecule has 0 saturated heterocycles. The minimum atomic E-state index is -3.68. The van der Waals surface area contributed by atoms with Gasteiger partial charge in [0.05, 0.1) is 10.6 Å². The van der Waals surface area contributed by atoms with E-state index in [1.54, 1.807) is 29.9 Å². The van der Waals surface area contributed by atoms with E-state index >= 15 is 0 Å². The first-order valence-corrected chi connectivity index (χ1v) is 10.3. The van der Waals surface area contributed by atoms with Crippen LogP contribution in [0.1, 0.15) is 18.1 Å². The van der Waals surface area contributed by atoms with Crippen molar-refractivity contribution in [3.8, 4) is 5.69 Å². The molecule has 3 rings (SSSR count). The van der Waals surface area contributed by atoms with E-state index in [1.807, 2.05) is 36.5 Å². The highest BCUT2D eigenvalue weighted by Gasteiger charge is 2.17. The number of aryl methyl sites for hydroxylation is 1. The van der Waals surface area contributed by atoms with Crippen molar-refractivity contribution < 1.29 is 13.2 Å². The van der Waals surface area contributed by atoms with Gasteiger partial charge in [0, 0.05) is 31.5 Å². The van der Waals surface area contributed by atoms with E-state index in [-0.39, 0.29) is 17.3 Å². The Balaban J connectivity index is 1.64. The molecule has 7 nitrogen and oxygen atoms in total. The summed E-state index contributed by atoms with van der Waals surface area (Å²) in [5.41, 5.74) is 3.03. The van der Waals surface area contributed by atoms with E-state index in [0.717, 1.165) is 11.3 Å². The molecule has 3 aromatic rings. The third kappa shape index (κ3) is 4.85. The zero-order valence-corrected chi connectivity index (χ0v) is 16.5. The molecule has 0 saturated carbocycles. The maximum atomic E-state index is 12.7. The second kappa shape index (κ2) is 8.37. The number of hydrogen-bond donors (Lipinski definition) is 2. The molecule has 0 unspecified atom stereocenters. The van der Waals surface area contributed by atoms with E-state index in [2.05, 4.69) is 15.1 Å². The Morgan fingerprint density at radius 2 is 1.89 bits per heavy atom.